The van der Waals surface area contributed by atoms with E-state index < -0.39 is 36.4 Å². The van der Waals surface area contributed by atoms with Gasteiger partial charge < -0.3 is 19.7 Å². The molecule has 0 spiro atoms. The SMILES string of the molecule is O=C1C=CN([C@@H]2O[C@@H](COC(=O)c3ccccc3)[C@@H](O)[C@@H]2O)C(=O)C1. The topological polar surface area (TPSA) is 113 Å². The number of ketones is 1. The number of carbonyl (C=O) groups is 3. The molecule has 25 heavy (non-hydrogen) atoms. The zero-order valence-electron chi connectivity index (χ0n) is 13.1. The summed E-state index contributed by atoms with van der Waals surface area (Å²) in [6, 6.07) is 8.30. The number of amides is 1. The van der Waals surface area contributed by atoms with Crippen LogP contribution in [-0.2, 0) is 19.1 Å². The third-order valence-corrected chi connectivity index (χ3v) is 4.03. The van der Waals surface area contributed by atoms with E-state index in [1.54, 1.807) is 30.3 Å². The number of hydrogen-bond acceptors (Lipinski definition) is 7. The maximum atomic E-state index is 11.9. The lowest BCUT2D eigenvalue weighted by atomic mass is 10.1. The van der Waals surface area contributed by atoms with Gasteiger partial charge in [0.15, 0.2) is 12.0 Å². The molecular weight excluding hydrogens is 330 g/mol. The second kappa shape index (κ2) is 7.14. The average Bonchev–Trinajstić information content (AvgIpc) is 2.89. The number of ether oxygens (including phenoxy) is 2. The molecule has 0 aliphatic carbocycles. The Labute approximate surface area is 143 Å². The monoisotopic (exact) mass is 347 g/mol. The molecule has 1 aromatic carbocycles. The number of nitrogens with zero attached hydrogens (tertiary/aromatic N) is 1. The molecule has 8 nitrogen and oxygen atoms in total. The first-order valence-electron chi connectivity index (χ1n) is 7.73. The molecule has 3 rings (SSSR count). The normalized spacial score (nSPS) is 29.1. The van der Waals surface area contributed by atoms with Gasteiger partial charge in [-0.3, -0.25) is 14.5 Å². The summed E-state index contributed by atoms with van der Waals surface area (Å²) in [4.78, 5) is 36.1. The lowest BCUT2D eigenvalue weighted by Gasteiger charge is -2.28. The molecule has 0 saturated carbocycles. The van der Waals surface area contributed by atoms with E-state index >= 15 is 0 Å². The summed E-state index contributed by atoms with van der Waals surface area (Å²) in [5.41, 5.74) is 0.347. The van der Waals surface area contributed by atoms with Crippen LogP contribution in [0.15, 0.2) is 42.6 Å². The van der Waals surface area contributed by atoms with Gasteiger partial charge in [-0.2, -0.15) is 0 Å². The highest BCUT2D eigenvalue weighted by atomic mass is 16.6. The molecule has 132 valence electrons. The Morgan fingerprint density at radius 3 is 2.60 bits per heavy atom. The molecule has 4 atom stereocenters. The third kappa shape index (κ3) is 3.60. The van der Waals surface area contributed by atoms with Crippen molar-refractivity contribution in [3.05, 3.63) is 48.2 Å². The van der Waals surface area contributed by atoms with Crippen molar-refractivity contribution in [3.8, 4) is 0 Å². The van der Waals surface area contributed by atoms with Crippen molar-refractivity contribution in [1.82, 2.24) is 4.90 Å². The van der Waals surface area contributed by atoms with Crippen LogP contribution < -0.4 is 0 Å². The summed E-state index contributed by atoms with van der Waals surface area (Å²) in [6.45, 7) is -0.285. The van der Waals surface area contributed by atoms with Crippen molar-refractivity contribution in [1.29, 1.82) is 0 Å². The van der Waals surface area contributed by atoms with E-state index in [0.29, 0.717) is 5.56 Å². The second-order valence-corrected chi connectivity index (χ2v) is 5.77. The lowest BCUT2D eigenvalue weighted by molar-refractivity contribution is -0.148. The molecule has 0 bridgehead atoms. The van der Waals surface area contributed by atoms with Crippen molar-refractivity contribution in [3.63, 3.8) is 0 Å². The Bertz CT molecular complexity index is 702. The van der Waals surface area contributed by atoms with Crippen molar-refractivity contribution in [2.75, 3.05) is 6.61 Å². The Morgan fingerprint density at radius 1 is 1.20 bits per heavy atom. The molecule has 0 unspecified atom stereocenters. The largest absolute Gasteiger partial charge is 0.459 e. The molecular formula is C17H17NO7. The van der Waals surface area contributed by atoms with Crippen LogP contribution in [0.4, 0.5) is 0 Å². The van der Waals surface area contributed by atoms with Gasteiger partial charge in [-0.25, -0.2) is 4.79 Å². The Kier molecular flexibility index (Phi) is 4.93. The highest BCUT2D eigenvalue weighted by molar-refractivity contribution is 6.06. The number of rotatable bonds is 4. The van der Waals surface area contributed by atoms with E-state index in [9.17, 15) is 24.6 Å². The average molecular weight is 347 g/mol. The Hall–Kier alpha value is -2.55. The van der Waals surface area contributed by atoms with Gasteiger partial charge in [-0.15, -0.1) is 0 Å². The minimum Gasteiger partial charge on any atom is -0.459 e. The van der Waals surface area contributed by atoms with E-state index in [-0.39, 0.29) is 18.8 Å². The molecule has 1 amide bonds. The smallest absolute Gasteiger partial charge is 0.338 e. The number of carbonyl (C=O) groups excluding carboxylic acids is 3. The molecule has 1 aromatic rings. The second-order valence-electron chi connectivity index (χ2n) is 5.77. The minimum atomic E-state index is -1.39. The van der Waals surface area contributed by atoms with Crippen LogP contribution in [0.3, 0.4) is 0 Å². The fourth-order valence-electron chi connectivity index (χ4n) is 2.68. The van der Waals surface area contributed by atoms with E-state index in [4.69, 9.17) is 9.47 Å². The number of allylic oxidation sites excluding steroid dienone is 1. The van der Waals surface area contributed by atoms with Gasteiger partial charge in [-0.1, -0.05) is 18.2 Å². The summed E-state index contributed by atoms with van der Waals surface area (Å²) in [7, 11) is 0. The summed E-state index contributed by atoms with van der Waals surface area (Å²) >= 11 is 0. The number of esters is 1. The molecule has 1 fully saturated rings. The minimum absolute atomic E-state index is 0.285. The van der Waals surface area contributed by atoms with Gasteiger partial charge in [0.25, 0.3) is 0 Å². The molecule has 8 heteroatoms. The first kappa shape index (κ1) is 17.3. The summed E-state index contributed by atoms with van der Waals surface area (Å²) in [5.74, 6) is -1.47. The van der Waals surface area contributed by atoms with Crippen molar-refractivity contribution in [2.45, 2.75) is 31.0 Å². The predicted molar refractivity (Wildman–Crippen MR) is 83.0 cm³/mol. The van der Waals surface area contributed by atoms with E-state index in [2.05, 4.69) is 0 Å². The van der Waals surface area contributed by atoms with Crippen LogP contribution >= 0.6 is 0 Å². The molecule has 0 radical (unpaired) electrons. The standard InChI is InChI=1S/C17H17NO7/c19-11-6-7-18(13(20)8-11)16-15(22)14(21)12(25-16)9-24-17(23)10-4-2-1-3-5-10/h1-7,12,14-16,21-22H,8-9H2/t12-,14+,15-,16+/m0/s1. The van der Waals surface area contributed by atoms with Crippen molar-refractivity contribution in [2.24, 2.45) is 0 Å². The molecule has 1 saturated heterocycles. The van der Waals surface area contributed by atoms with Gasteiger partial charge in [0.05, 0.1) is 12.0 Å². The molecule has 2 aliphatic rings. The first-order valence-corrected chi connectivity index (χ1v) is 7.73. The number of aliphatic hydroxyl groups is 2. The van der Waals surface area contributed by atoms with Crippen LogP contribution in [0.2, 0.25) is 0 Å². The number of aliphatic hydroxyl groups excluding tert-OH is 2. The van der Waals surface area contributed by atoms with Crippen molar-refractivity contribution < 1.29 is 34.1 Å². The zero-order chi connectivity index (χ0) is 18.0. The van der Waals surface area contributed by atoms with Crippen LogP contribution in [0.25, 0.3) is 0 Å². The van der Waals surface area contributed by atoms with Crippen molar-refractivity contribution >= 4 is 17.7 Å². The number of hydrogen-bond donors (Lipinski definition) is 2. The predicted octanol–water partition coefficient (Wildman–Crippen LogP) is -0.395. The van der Waals surface area contributed by atoms with Gasteiger partial charge in [0.1, 0.15) is 24.9 Å². The maximum absolute atomic E-state index is 11.9. The molecule has 0 aromatic heterocycles. The fourth-order valence-corrected chi connectivity index (χ4v) is 2.68. The van der Waals surface area contributed by atoms with E-state index in [1.807, 2.05) is 0 Å². The third-order valence-electron chi connectivity index (χ3n) is 4.03. The van der Waals surface area contributed by atoms with Crippen LogP contribution in [0.1, 0.15) is 16.8 Å². The van der Waals surface area contributed by atoms with E-state index in [0.717, 1.165) is 4.90 Å². The summed E-state index contributed by atoms with van der Waals surface area (Å²) < 4.78 is 10.6. The van der Waals surface area contributed by atoms with Gasteiger partial charge in [0, 0.05) is 6.20 Å². The molecule has 2 N–H and O–H groups in total. The van der Waals surface area contributed by atoms with Crippen LogP contribution in [0.5, 0.6) is 0 Å². The summed E-state index contributed by atoms with van der Waals surface area (Å²) in [6.07, 6.45) is -2.78. The van der Waals surface area contributed by atoms with Crippen LogP contribution in [-0.4, -0.2) is 63.9 Å². The number of benzene rings is 1. The Morgan fingerprint density at radius 2 is 1.92 bits per heavy atom. The van der Waals surface area contributed by atoms with Crippen LogP contribution in [0, 0.1) is 0 Å². The van der Waals surface area contributed by atoms with Gasteiger partial charge >= 0.3 is 5.97 Å². The quantitative estimate of drug-likeness (QED) is 0.563. The molecule has 2 aliphatic heterocycles. The highest BCUT2D eigenvalue weighted by Crippen LogP contribution is 2.26. The lowest BCUT2D eigenvalue weighted by Crippen LogP contribution is -2.46. The maximum Gasteiger partial charge on any atom is 0.338 e. The zero-order valence-corrected chi connectivity index (χ0v) is 13.1. The Balaban J connectivity index is 1.62. The van der Waals surface area contributed by atoms with Gasteiger partial charge in [0.2, 0.25) is 5.91 Å². The fraction of sp³-hybridized carbons (Fsp3) is 0.353. The first-order chi connectivity index (χ1) is 12.0. The highest BCUT2D eigenvalue weighted by Gasteiger charge is 2.47. The summed E-state index contributed by atoms with van der Waals surface area (Å²) in [5, 5.41) is 20.2. The van der Waals surface area contributed by atoms with Gasteiger partial charge in [-0.05, 0) is 18.2 Å². The van der Waals surface area contributed by atoms with E-state index in [1.165, 1.54) is 12.3 Å². The molecule has 2 heterocycles.